The van der Waals surface area contributed by atoms with Crippen LogP contribution in [-0.2, 0) is 0 Å². The van der Waals surface area contributed by atoms with Gasteiger partial charge in [0, 0.05) is 23.5 Å². The molecule has 0 aromatic heterocycles. The summed E-state index contributed by atoms with van der Waals surface area (Å²) >= 11 is 3.45. The molecule has 0 radical (unpaired) electrons. The van der Waals surface area contributed by atoms with E-state index in [-0.39, 0.29) is 11.7 Å². The van der Waals surface area contributed by atoms with E-state index in [0.29, 0.717) is 11.6 Å². The van der Waals surface area contributed by atoms with Crippen LogP contribution in [0.15, 0.2) is 18.2 Å². The summed E-state index contributed by atoms with van der Waals surface area (Å²) in [7, 11) is 0. The van der Waals surface area contributed by atoms with E-state index in [1.165, 1.54) is 0 Å². The zero-order valence-electron chi connectivity index (χ0n) is 9.82. The van der Waals surface area contributed by atoms with Crippen LogP contribution >= 0.6 is 15.9 Å². The molecule has 1 aromatic rings. The van der Waals surface area contributed by atoms with Crippen LogP contribution < -0.4 is 0 Å². The summed E-state index contributed by atoms with van der Waals surface area (Å²) in [6, 6.07) is 5.33. The molecule has 0 aliphatic carbocycles. The summed E-state index contributed by atoms with van der Waals surface area (Å²) in [5, 5.41) is 10.3. The number of halogens is 1. The third kappa shape index (κ3) is 2.46. The van der Waals surface area contributed by atoms with Crippen molar-refractivity contribution in [2.24, 2.45) is 0 Å². The van der Waals surface area contributed by atoms with Crippen LogP contribution in [0.4, 0.5) is 0 Å². The zero-order chi connectivity index (χ0) is 12.4. The van der Waals surface area contributed by atoms with Crippen molar-refractivity contribution in [2.75, 3.05) is 11.9 Å². The van der Waals surface area contributed by atoms with Gasteiger partial charge in [-0.05, 0) is 43.5 Å². The summed E-state index contributed by atoms with van der Waals surface area (Å²) in [6.45, 7) is 2.63. The van der Waals surface area contributed by atoms with E-state index in [1.54, 1.807) is 25.1 Å². The number of nitrogens with zero attached hydrogens (tertiary/aromatic N) is 1. The Kier molecular flexibility index (Phi) is 3.72. The quantitative estimate of drug-likeness (QED) is 0.853. The standard InChI is InChI=1S/C13H16BrNO2/c1-9-7-10(4-5-12(9)16)13(17)15-6-2-3-11(15)8-14/h4-5,7,11,16H,2-3,6,8H2,1H3. The fourth-order valence-electron chi connectivity index (χ4n) is 2.22. The fourth-order valence-corrected chi connectivity index (χ4v) is 2.89. The molecule has 1 atom stereocenters. The molecule has 1 unspecified atom stereocenters. The lowest BCUT2D eigenvalue weighted by Gasteiger charge is -2.23. The van der Waals surface area contributed by atoms with Crippen molar-refractivity contribution in [1.82, 2.24) is 4.90 Å². The van der Waals surface area contributed by atoms with Gasteiger partial charge in [-0.3, -0.25) is 4.79 Å². The number of aryl methyl sites for hydroxylation is 1. The van der Waals surface area contributed by atoms with Crippen molar-refractivity contribution in [3.05, 3.63) is 29.3 Å². The minimum Gasteiger partial charge on any atom is -0.508 e. The van der Waals surface area contributed by atoms with E-state index < -0.39 is 0 Å². The largest absolute Gasteiger partial charge is 0.508 e. The van der Waals surface area contributed by atoms with Crippen LogP contribution in [0.25, 0.3) is 0 Å². The first-order chi connectivity index (χ1) is 8.13. The van der Waals surface area contributed by atoms with E-state index in [4.69, 9.17) is 0 Å². The van der Waals surface area contributed by atoms with E-state index in [2.05, 4.69) is 15.9 Å². The number of carbonyl (C=O) groups excluding carboxylic acids is 1. The van der Waals surface area contributed by atoms with Crippen LogP contribution in [0.5, 0.6) is 5.75 Å². The number of amides is 1. The van der Waals surface area contributed by atoms with Crippen molar-refractivity contribution < 1.29 is 9.90 Å². The van der Waals surface area contributed by atoms with Crippen molar-refractivity contribution in [3.8, 4) is 5.75 Å². The Labute approximate surface area is 110 Å². The number of hydrogen-bond donors (Lipinski definition) is 1. The molecule has 1 N–H and O–H groups in total. The molecule has 1 aromatic carbocycles. The lowest BCUT2D eigenvalue weighted by atomic mass is 10.1. The average Bonchev–Trinajstić information content (AvgIpc) is 2.80. The molecule has 92 valence electrons. The predicted octanol–water partition coefficient (Wildman–Crippen LogP) is 2.70. The first-order valence-electron chi connectivity index (χ1n) is 5.80. The van der Waals surface area contributed by atoms with E-state index in [1.807, 2.05) is 4.90 Å². The second kappa shape index (κ2) is 5.08. The van der Waals surface area contributed by atoms with Crippen LogP contribution in [0, 0.1) is 6.92 Å². The third-order valence-electron chi connectivity index (χ3n) is 3.26. The Morgan fingerprint density at radius 1 is 1.59 bits per heavy atom. The Balaban J connectivity index is 2.21. The molecular formula is C13H16BrNO2. The summed E-state index contributed by atoms with van der Waals surface area (Å²) < 4.78 is 0. The molecule has 4 heteroatoms. The first kappa shape index (κ1) is 12.4. The van der Waals surface area contributed by atoms with Gasteiger partial charge >= 0.3 is 0 Å². The number of benzene rings is 1. The average molecular weight is 298 g/mol. The van der Waals surface area contributed by atoms with Gasteiger partial charge in [-0.15, -0.1) is 0 Å². The van der Waals surface area contributed by atoms with E-state index in [0.717, 1.165) is 30.3 Å². The summed E-state index contributed by atoms with van der Waals surface area (Å²) in [5.74, 6) is 0.301. The van der Waals surface area contributed by atoms with E-state index >= 15 is 0 Å². The molecule has 1 amide bonds. The number of alkyl halides is 1. The molecule has 3 nitrogen and oxygen atoms in total. The Bertz CT molecular complexity index is 433. The van der Waals surface area contributed by atoms with Crippen molar-refractivity contribution in [1.29, 1.82) is 0 Å². The van der Waals surface area contributed by atoms with Gasteiger partial charge in [0.15, 0.2) is 0 Å². The van der Waals surface area contributed by atoms with Gasteiger partial charge in [-0.2, -0.15) is 0 Å². The lowest BCUT2D eigenvalue weighted by Crippen LogP contribution is -2.36. The highest BCUT2D eigenvalue weighted by atomic mass is 79.9. The van der Waals surface area contributed by atoms with Gasteiger partial charge in [-0.1, -0.05) is 15.9 Å². The first-order valence-corrected chi connectivity index (χ1v) is 6.92. The van der Waals surface area contributed by atoms with Gasteiger partial charge in [0.25, 0.3) is 5.91 Å². The smallest absolute Gasteiger partial charge is 0.254 e. The number of carbonyl (C=O) groups is 1. The third-order valence-corrected chi connectivity index (χ3v) is 4.01. The van der Waals surface area contributed by atoms with Gasteiger partial charge < -0.3 is 10.0 Å². The van der Waals surface area contributed by atoms with Gasteiger partial charge in [-0.25, -0.2) is 0 Å². The van der Waals surface area contributed by atoms with Gasteiger partial charge in [0.05, 0.1) is 0 Å². The predicted molar refractivity (Wildman–Crippen MR) is 70.7 cm³/mol. The Morgan fingerprint density at radius 3 is 3.00 bits per heavy atom. The van der Waals surface area contributed by atoms with Crippen molar-refractivity contribution in [3.63, 3.8) is 0 Å². The highest BCUT2D eigenvalue weighted by Gasteiger charge is 2.28. The monoisotopic (exact) mass is 297 g/mol. The van der Waals surface area contributed by atoms with Gasteiger partial charge in [0.2, 0.25) is 0 Å². The summed E-state index contributed by atoms with van der Waals surface area (Å²) in [6.07, 6.45) is 2.13. The lowest BCUT2D eigenvalue weighted by molar-refractivity contribution is 0.0750. The normalized spacial score (nSPS) is 19.6. The van der Waals surface area contributed by atoms with Crippen LogP contribution in [-0.4, -0.2) is 33.8 Å². The number of hydrogen-bond acceptors (Lipinski definition) is 2. The second-order valence-electron chi connectivity index (χ2n) is 4.45. The SMILES string of the molecule is Cc1cc(C(=O)N2CCCC2CBr)ccc1O. The summed E-state index contributed by atoms with van der Waals surface area (Å²) in [5.41, 5.74) is 1.40. The van der Waals surface area contributed by atoms with Crippen LogP contribution in [0.1, 0.15) is 28.8 Å². The number of likely N-dealkylation sites (tertiary alicyclic amines) is 1. The molecule has 0 spiro atoms. The molecule has 17 heavy (non-hydrogen) atoms. The Hall–Kier alpha value is -1.03. The molecule has 1 aliphatic heterocycles. The molecular weight excluding hydrogens is 282 g/mol. The van der Waals surface area contributed by atoms with Gasteiger partial charge in [0.1, 0.15) is 5.75 Å². The number of aromatic hydroxyl groups is 1. The molecule has 1 fully saturated rings. The minimum atomic E-state index is 0.0649. The number of phenols is 1. The maximum absolute atomic E-state index is 12.3. The highest BCUT2D eigenvalue weighted by Crippen LogP contribution is 2.23. The molecule has 2 rings (SSSR count). The minimum absolute atomic E-state index is 0.0649. The van der Waals surface area contributed by atoms with Crippen LogP contribution in [0.3, 0.4) is 0 Å². The van der Waals surface area contributed by atoms with Crippen LogP contribution in [0.2, 0.25) is 0 Å². The zero-order valence-corrected chi connectivity index (χ0v) is 11.4. The molecule has 1 heterocycles. The Morgan fingerprint density at radius 2 is 2.35 bits per heavy atom. The molecule has 1 saturated heterocycles. The number of phenolic OH excluding ortho intramolecular Hbond substituents is 1. The molecule has 0 saturated carbocycles. The number of rotatable bonds is 2. The highest BCUT2D eigenvalue weighted by molar-refractivity contribution is 9.09. The fraction of sp³-hybridized carbons (Fsp3) is 0.462. The maximum Gasteiger partial charge on any atom is 0.254 e. The molecule has 1 aliphatic rings. The van der Waals surface area contributed by atoms with E-state index in [9.17, 15) is 9.90 Å². The summed E-state index contributed by atoms with van der Waals surface area (Å²) in [4.78, 5) is 14.2. The topological polar surface area (TPSA) is 40.5 Å². The molecule has 0 bridgehead atoms. The second-order valence-corrected chi connectivity index (χ2v) is 5.10. The van der Waals surface area contributed by atoms with Crippen molar-refractivity contribution in [2.45, 2.75) is 25.8 Å². The van der Waals surface area contributed by atoms with Crippen molar-refractivity contribution >= 4 is 21.8 Å². The maximum atomic E-state index is 12.3.